The summed E-state index contributed by atoms with van der Waals surface area (Å²) in [5.41, 5.74) is 0.895. The Morgan fingerprint density at radius 3 is 2.34 bits per heavy atom. The van der Waals surface area contributed by atoms with Gasteiger partial charge in [-0.1, -0.05) is 22.9 Å². The van der Waals surface area contributed by atoms with Gasteiger partial charge < -0.3 is 10.2 Å². The van der Waals surface area contributed by atoms with Gasteiger partial charge in [0.2, 0.25) is 15.9 Å². The van der Waals surface area contributed by atoms with Gasteiger partial charge in [-0.05, 0) is 50.1 Å². The lowest BCUT2D eigenvalue weighted by molar-refractivity contribution is -0.123. The predicted octanol–water partition coefficient (Wildman–Crippen LogP) is 1.66. The van der Waals surface area contributed by atoms with Crippen molar-refractivity contribution in [3.05, 3.63) is 28.2 Å². The molecule has 0 saturated carbocycles. The molecular weight excluding hydrogens is 456 g/mol. The SMILES string of the molecule is CCN1CCC(NC(=O)CN2CCN(S(=O)(=O)c3ccc(Br)c(C)c3)CC2)CC1. The maximum atomic E-state index is 12.9. The van der Waals surface area contributed by atoms with E-state index in [1.165, 1.54) is 4.31 Å². The number of carbonyl (C=O) groups is 1. The zero-order chi connectivity index (χ0) is 21.0. The molecule has 1 N–H and O–H groups in total. The van der Waals surface area contributed by atoms with Crippen LogP contribution < -0.4 is 5.32 Å². The molecule has 3 rings (SSSR count). The summed E-state index contributed by atoms with van der Waals surface area (Å²) in [4.78, 5) is 17.2. The van der Waals surface area contributed by atoms with Gasteiger partial charge in [-0.3, -0.25) is 9.69 Å². The highest BCUT2D eigenvalue weighted by atomic mass is 79.9. The number of aryl methyl sites for hydroxylation is 1. The predicted molar refractivity (Wildman–Crippen MR) is 117 cm³/mol. The molecule has 1 aromatic carbocycles. The van der Waals surface area contributed by atoms with Crippen LogP contribution in [0.4, 0.5) is 0 Å². The van der Waals surface area contributed by atoms with Gasteiger partial charge in [0.05, 0.1) is 11.4 Å². The number of rotatable bonds is 6. The normalized spacial score (nSPS) is 20.7. The molecule has 2 aliphatic heterocycles. The summed E-state index contributed by atoms with van der Waals surface area (Å²) in [5.74, 6) is 0.0415. The molecule has 0 bridgehead atoms. The van der Waals surface area contributed by atoms with Crippen molar-refractivity contribution in [2.24, 2.45) is 0 Å². The number of nitrogens with one attached hydrogen (secondary N) is 1. The third-order valence-electron chi connectivity index (χ3n) is 5.87. The van der Waals surface area contributed by atoms with Gasteiger partial charge in [-0.25, -0.2) is 8.42 Å². The van der Waals surface area contributed by atoms with Gasteiger partial charge in [0, 0.05) is 49.8 Å². The molecule has 2 heterocycles. The molecule has 0 unspecified atom stereocenters. The number of likely N-dealkylation sites (tertiary alicyclic amines) is 1. The number of halogens is 1. The first-order valence-electron chi connectivity index (χ1n) is 10.3. The molecule has 29 heavy (non-hydrogen) atoms. The monoisotopic (exact) mass is 486 g/mol. The molecule has 0 atom stereocenters. The molecule has 0 aliphatic carbocycles. The van der Waals surface area contributed by atoms with Gasteiger partial charge in [0.15, 0.2) is 0 Å². The molecular formula is C20H31BrN4O3S. The lowest BCUT2D eigenvalue weighted by Gasteiger charge is -2.35. The number of hydrogen-bond donors (Lipinski definition) is 1. The fourth-order valence-corrected chi connectivity index (χ4v) is 5.68. The molecule has 2 saturated heterocycles. The molecule has 0 spiro atoms. The topological polar surface area (TPSA) is 73.0 Å². The van der Waals surface area contributed by atoms with Crippen LogP contribution in [0.3, 0.4) is 0 Å². The molecule has 0 aromatic heterocycles. The van der Waals surface area contributed by atoms with E-state index in [-0.39, 0.29) is 11.9 Å². The summed E-state index contributed by atoms with van der Waals surface area (Å²) in [5, 5.41) is 3.15. The van der Waals surface area contributed by atoms with E-state index < -0.39 is 10.0 Å². The lowest BCUT2D eigenvalue weighted by atomic mass is 10.1. The number of piperazine rings is 1. The minimum Gasteiger partial charge on any atom is -0.352 e. The maximum absolute atomic E-state index is 12.9. The number of sulfonamides is 1. The molecule has 7 nitrogen and oxygen atoms in total. The van der Waals surface area contributed by atoms with Crippen molar-refractivity contribution in [3.8, 4) is 0 Å². The molecule has 2 aliphatic rings. The van der Waals surface area contributed by atoms with Crippen LogP contribution in [0.5, 0.6) is 0 Å². The van der Waals surface area contributed by atoms with E-state index >= 15 is 0 Å². The minimum absolute atomic E-state index is 0.0415. The minimum atomic E-state index is -3.50. The summed E-state index contributed by atoms with van der Waals surface area (Å²) in [6, 6.07) is 5.36. The van der Waals surface area contributed by atoms with Crippen LogP contribution in [0.1, 0.15) is 25.3 Å². The Kier molecular flexibility index (Phi) is 7.72. The number of carbonyl (C=O) groups excluding carboxylic acids is 1. The Morgan fingerprint density at radius 1 is 1.10 bits per heavy atom. The Hall–Kier alpha value is -1.00. The average molecular weight is 487 g/mol. The van der Waals surface area contributed by atoms with Crippen LogP contribution in [-0.2, 0) is 14.8 Å². The number of hydrogen-bond acceptors (Lipinski definition) is 5. The van der Waals surface area contributed by atoms with Crippen molar-refractivity contribution in [2.75, 3.05) is 52.4 Å². The molecule has 1 aromatic rings. The Morgan fingerprint density at radius 2 is 1.76 bits per heavy atom. The van der Waals surface area contributed by atoms with Crippen molar-refractivity contribution >= 4 is 31.9 Å². The van der Waals surface area contributed by atoms with Crippen LogP contribution in [0.15, 0.2) is 27.6 Å². The van der Waals surface area contributed by atoms with Crippen molar-refractivity contribution in [2.45, 2.75) is 37.6 Å². The first-order valence-corrected chi connectivity index (χ1v) is 12.5. The van der Waals surface area contributed by atoms with Crippen molar-refractivity contribution in [1.29, 1.82) is 0 Å². The van der Waals surface area contributed by atoms with Gasteiger partial charge >= 0.3 is 0 Å². The fourth-order valence-electron chi connectivity index (χ4n) is 3.92. The zero-order valence-corrected chi connectivity index (χ0v) is 19.6. The van der Waals surface area contributed by atoms with Crippen molar-refractivity contribution in [3.63, 3.8) is 0 Å². The fraction of sp³-hybridized carbons (Fsp3) is 0.650. The van der Waals surface area contributed by atoms with Crippen LogP contribution >= 0.6 is 15.9 Å². The molecule has 0 radical (unpaired) electrons. The third kappa shape index (κ3) is 5.79. The van der Waals surface area contributed by atoms with Crippen LogP contribution in [0.2, 0.25) is 0 Å². The van der Waals surface area contributed by atoms with Crippen LogP contribution in [0.25, 0.3) is 0 Å². The average Bonchev–Trinajstić information content (AvgIpc) is 2.71. The van der Waals surface area contributed by atoms with Crippen LogP contribution in [0, 0.1) is 6.92 Å². The molecule has 2 fully saturated rings. The van der Waals surface area contributed by atoms with Crippen molar-refractivity contribution < 1.29 is 13.2 Å². The first kappa shape index (κ1) is 22.7. The maximum Gasteiger partial charge on any atom is 0.243 e. The third-order valence-corrected chi connectivity index (χ3v) is 8.65. The van der Waals surface area contributed by atoms with Gasteiger partial charge in [0.1, 0.15) is 0 Å². The quantitative estimate of drug-likeness (QED) is 0.661. The molecule has 162 valence electrons. The highest BCUT2D eigenvalue weighted by Gasteiger charge is 2.29. The van der Waals surface area contributed by atoms with Gasteiger partial charge in [0.25, 0.3) is 0 Å². The Bertz CT molecular complexity index is 817. The standard InChI is InChI=1S/C20H31BrN4O3S/c1-3-23-8-6-17(7-9-23)22-20(26)15-24-10-12-25(13-11-24)29(27,28)18-4-5-19(21)16(2)14-18/h4-5,14,17H,3,6-13,15H2,1-2H3,(H,22,26). The second-order valence-corrected chi connectivity index (χ2v) is 10.7. The van der Waals surface area contributed by atoms with E-state index in [1.807, 2.05) is 11.8 Å². The van der Waals surface area contributed by atoms with E-state index in [0.29, 0.717) is 37.6 Å². The second-order valence-electron chi connectivity index (χ2n) is 7.87. The van der Waals surface area contributed by atoms with E-state index in [2.05, 4.69) is 33.1 Å². The van der Waals surface area contributed by atoms with Gasteiger partial charge in [-0.2, -0.15) is 4.31 Å². The molecule has 1 amide bonds. The Labute approximate surface area is 182 Å². The van der Waals surface area contributed by atoms with E-state index in [0.717, 1.165) is 42.5 Å². The lowest BCUT2D eigenvalue weighted by Crippen LogP contribution is -2.52. The van der Waals surface area contributed by atoms with Gasteiger partial charge in [-0.15, -0.1) is 0 Å². The zero-order valence-electron chi connectivity index (χ0n) is 17.2. The smallest absolute Gasteiger partial charge is 0.243 e. The Balaban J connectivity index is 1.47. The first-order chi connectivity index (χ1) is 13.8. The summed E-state index contributed by atoms with van der Waals surface area (Å²) >= 11 is 3.41. The molecule has 9 heteroatoms. The summed E-state index contributed by atoms with van der Waals surface area (Å²) in [7, 11) is -3.50. The highest BCUT2D eigenvalue weighted by Crippen LogP contribution is 2.23. The van der Waals surface area contributed by atoms with E-state index in [9.17, 15) is 13.2 Å². The number of benzene rings is 1. The largest absolute Gasteiger partial charge is 0.352 e. The second kappa shape index (κ2) is 9.87. The van der Waals surface area contributed by atoms with Crippen molar-refractivity contribution in [1.82, 2.24) is 19.4 Å². The van der Waals surface area contributed by atoms with E-state index in [4.69, 9.17) is 0 Å². The summed E-state index contributed by atoms with van der Waals surface area (Å²) in [6.07, 6.45) is 2.00. The number of amides is 1. The van der Waals surface area contributed by atoms with E-state index in [1.54, 1.807) is 18.2 Å². The van der Waals surface area contributed by atoms with Crippen LogP contribution in [-0.4, -0.2) is 86.8 Å². The highest BCUT2D eigenvalue weighted by molar-refractivity contribution is 9.10. The summed E-state index contributed by atoms with van der Waals surface area (Å²) < 4.78 is 28.2. The summed E-state index contributed by atoms with van der Waals surface area (Å²) in [6.45, 7) is 9.45. The number of nitrogens with zero attached hydrogens (tertiary/aromatic N) is 3. The number of piperidine rings is 1.